The number of hydrogen-bond donors (Lipinski definition) is 3. The summed E-state index contributed by atoms with van der Waals surface area (Å²) in [6, 6.07) is 10.8. The molecule has 4 rings (SSSR count). The lowest BCUT2D eigenvalue weighted by molar-refractivity contribution is -0.167. The molecular formula is C26H30F3N5O3. The Hall–Kier alpha value is -3.47. The summed E-state index contributed by atoms with van der Waals surface area (Å²) in [4.78, 5) is 42.1. The van der Waals surface area contributed by atoms with Crippen molar-refractivity contribution in [2.45, 2.75) is 56.8 Å². The molecule has 2 fully saturated rings. The van der Waals surface area contributed by atoms with Crippen LogP contribution in [0.4, 0.5) is 18.9 Å². The molecule has 2 aromatic rings. The van der Waals surface area contributed by atoms with Gasteiger partial charge in [0.25, 0.3) is 5.91 Å². The number of carbonyl (C=O) groups excluding carboxylic acids is 3. The first-order valence-corrected chi connectivity index (χ1v) is 12.3. The van der Waals surface area contributed by atoms with E-state index < -0.39 is 12.1 Å². The lowest BCUT2D eigenvalue weighted by Crippen LogP contribution is -2.63. The van der Waals surface area contributed by atoms with Gasteiger partial charge in [-0.3, -0.25) is 24.3 Å². The van der Waals surface area contributed by atoms with E-state index in [9.17, 15) is 27.6 Å². The summed E-state index contributed by atoms with van der Waals surface area (Å²) in [5.41, 5.74) is 2.33. The number of anilines is 1. The number of likely N-dealkylation sites (tertiary alicyclic amines) is 1. The molecule has 3 N–H and O–H groups in total. The van der Waals surface area contributed by atoms with Crippen LogP contribution in [-0.2, 0) is 9.59 Å². The van der Waals surface area contributed by atoms with Crippen LogP contribution in [0.15, 0.2) is 42.6 Å². The van der Waals surface area contributed by atoms with E-state index in [1.807, 2.05) is 13.0 Å². The highest BCUT2D eigenvalue weighted by Crippen LogP contribution is 2.35. The van der Waals surface area contributed by atoms with Crippen molar-refractivity contribution in [1.29, 1.82) is 0 Å². The van der Waals surface area contributed by atoms with Gasteiger partial charge in [0.05, 0.1) is 24.5 Å². The summed E-state index contributed by atoms with van der Waals surface area (Å²) < 4.78 is 37.2. The quantitative estimate of drug-likeness (QED) is 0.524. The van der Waals surface area contributed by atoms with Gasteiger partial charge in [0.1, 0.15) is 0 Å². The van der Waals surface area contributed by atoms with Gasteiger partial charge in [0, 0.05) is 36.3 Å². The number of aryl methyl sites for hydroxylation is 1. The third-order valence-corrected chi connectivity index (χ3v) is 6.90. The van der Waals surface area contributed by atoms with Crippen molar-refractivity contribution in [3.05, 3.63) is 59.4 Å². The molecule has 1 saturated heterocycles. The molecule has 198 valence electrons. The number of nitrogens with zero attached hydrogens (tertiary/aromatic N) is 2. The molecule has 0 atom stereocenters. The number of benzene rings is 1. The highest BCUT2D eigenvalue weighted by Gasteiger charge is 2.39. The normalized spacial score (nSPS) is 20.5. The Balaban J connectivity index is 1.14. The van der Waals surface area contributed by atoms with Gasteiger partial charge in [-0.1, -0.05) is 17.7 Å². The van der Waals surface area contributed by atoms with Crippen molar-refractivity contribution in [2.24, 2.45) is 0 Å². The molecule has 1 aromatic carbocycles. The van der Waals surface area contributed by atoms with Crippen LogP contribution in [0.3, 0.4) is 0 Å². The molecule has 2 aliphatic rings. The second-order valence-electron chi connectivity index (χ2n) is 9.70. The van der Waals surface area contributed by atoms with Crippen LogP contribution < -0.4 is 16.0 Å². The van der Waals surface area contributed by atoms with Crippen LogP contribution in [0.25, 0.3) is 0 Å². The maximum atomic E-state index is 12.4. The van der Waals surface area contributed by atoms with Crippen molar-refractivity contribution >= 4 is 23.4 Å². The number of nitrogens with one attached hydrogen (secondary N) is 3. The number of pyridine rings is 1. The zero-order chi connectivity index (χ0) is 26.6. The van der Waals surface area contributed by atoms with Gasteiger partial charge in [-0.2, -0.15) is 13.2 Å². The summed E-state index contributed by atoms with van der Waals surface area (Å²) >= 11 is 0. The molecule has 0 radical (unpaired) electrons. The monoisotopic (exact) mass is 517 g/mol. The van der Waals surface area contributed by atoms with Crippen molar-refractivity contribution in [3.63, 3.8) is 0 Å². The fourth-order valence-corrected chi connectivity index (χ4v) is 4.89. The van der Waals surface area contributed by atoms with E-state index in [0.29, 0.717) is 11.6 Å². The van der Waals surface area contributed by atoms with Gasteiger partial charge in [0.2, 0.25) is 5.91 Å². The number of hydrogen-bond acceptors (Lipinski definition) is 5. The zero-order valence-electron chi connectivity index (χ0n) is 20.5. The first kappa shape index (κ1) is 26.6. The highest BCUT2D eigenvalue weighted by molar-refractivity contribution is 5.96. The molecule has 37 heavy (non-hydrogen) atoms. The molecule has 8 nitrogen and oxygen atoms in total. The van der Waals surface area contributed by atoms with Crippen molar-refractivity contribution < 1.29 is 27.6 Å². The third-order valence-electron chi connectivity index (χ3n) is 6.90. The molecule has 1 saturated carbocycles. The topological polar surface area (TPSA) is 103 Å². The number of amides is 3. The Morgan fingerprint density at radius 3 is 2.41 bits per heavy atom. The summed E-state index contributed by atoms with van der Waals surface area (Å²) in [7, 11) is 0. The smallest absolute Gasteiger partial charge is 0.349 e. The minimum absolute atomic E-state index is 0.0168. The van der Waals surface area contributed by atoms with Crippen molar-refractivity contribution in [2.75, 3.05) is 25.0 Å². The molecule has 0 spiro atoms. The Kier molecular flexibility index (Phi) is 8.11. The SMILES string of the molecule is Cc1cccc(C(=O)NCC(=O)NC2CN([C@H]3CC[C@@H](c4ccc(NC(=O)C(F)(F)F)cn4)CC3)C2)c1. The van der Waals surface area contributed by atoms with Crippen LogP contribution in [0.1, 0.15) is 53.2 Å². The Morgan fingerprint density at radius 2 is 1.78 bits per heavy atom. The van der Waals surface area contributed by atoms with Crippen molar-refractivity contribution in [1.82, 2.24) is 20.5 Å². The first-order chi connectivity index (χ1) is 17.6. The number of carbonyl (C=O) groups is 3. The van der Waals surface area contributed by atoms with Gasteiger partial charge in [-0.15, -0.1) is 0 Å². The van der Waals surface area contributed by atoms with E-state index in [-0.39, 0.29) is 36.0 Å². The predicted octanol–water partition coefficient (Wildman–Crippen LogP) is 3.15. The van der Waals surface area contributed by atoms with E-state index in [1.165, 1.54) is 12.3 Å². The molecule has 2 heterocycles. The van der Waals surface area contributed by atoms with Crippen LogP contribution in [0.2, 0.25) is 0 Å². The Bertz CT molecular complexity index is 1130. The molecule has 0 unspecified atom stereocenters. The summed E-state index contributed by atoms with van der Waals surface area (Å²) in [5.74, 6) is -2.28. The summed E-state index contributed by atoms with van der Waals surface area (Å²) in [5, 5.41) is 7.42. The lowest BCUT2D eigenvalue weighted by Gasteiger charge is -2.46. The molecular weight excluding hydrogens is 487 g/mol. The lowest BCUT2D eigenvalue weighted by atomic mass is 9.82. The standard InChI is InChI=1S/C26H30F3N5O3/c1-16-3-2-4-18(11-16)24(36)31-13-23(35)32-20-14-34(15-20)21-8-5-17(6-9-21)22-10-7-19(12-30-22)33-25(37)26(27,28)29/h2-4,7,10-12,17,20-21H,5-6,8-9,13-15H2,1H3,(H,31,36)(H,32,35)(H,33,37)/t17-,21+. The number of rotatable bonds is 7. The Labute approximate surface area is 213 Å². The molecule has 3 amide bonds. The van der Waals surface area contributed by atoms with E-state index in [4.69, 9.17) is 0 Å². The third kappa shape index (κ3) is 7.06. The van der Waals surface area contributed by atoms with Gasteiger partial charge in [-0.05, 0) is 56.9 Å². The van der Waals surface area contributed by atoms with E-state index in [0.717, 1.165) is 50.0 Å². The van der Waals surface area contributed by atoms with Crippen LogP contribution >= 0.6 is 0 Å². The number of alkyl halides is 3. The maximum absolute atomic E-state index is 12.4. The summed E-state index contributed by atoms with van der Waals surface area (Å²) in [6.45, 7) is 3.36. The largest absolute Gasteiger partial charge is 0.471 e. The fraction of sp³-hybridized carbons (Fsp3) is 0.462. The van der Waals surface area contributed by atoms with Gasteiger partial charge in [-0.25, -0.2) is 0 Å². The van der Waals surface area contributed by atoms with Crippen LogP contribution in [-0.4, -0.2) is 65.5 Å². The molecule has 0 bridgehead atoms. The minimum Gasteiger partial charge on any atom is -0.349 e. The van der Waals surface area contributed by atoms with Gasteiger partial charge in [0.15, 0.2) is 0 Å². The maximum Gasteiger partial charge on any atom is 0.471 e. The van der Waals surface area contributed by atoms with E-state index in [2.05, 4.69) is 20.5 Å². The molecule has 11 heteroatoms. The zero-order valence-corrected chi connectivity index (χ0v) is 20.5. The highest BCUT2D eigenvalue weighted by atomic mass is 19.4. The predicted molar refractivity (Wildman–Crippen MR) is 131 cm³/mol. The summed E-state index contributed by atoms with van der Waals surface area (Å²) in [6.07, 6.45) is 0.0670. The minimum atomic E-state index is -4.94. The first-order valence-electron chi connectivity index (χ1n) is 12.3. The number of halogens is 3. The molecule has 1 aromatic heterocycles. The molecule has 1 aliphatic carbocycles. The second kappa shape index (κ2) is 11.3. The van der Waals surface area contributed by atoms with Crippen molar-refractivity contribution in [3.8, 4) is 0 Å². The van der Waals surface area contributed by atoms with E-state index in [1.54, 1.807) is 29.6 Å². The average Bonchev–Trinajstić information content (AvgIpc) is 2.84. The van der Waals surface area contributed by atoms with E-state index >= 15 is 0 Å². The Morgan fingerprint density at radius 1 is 1.05 bits per heavy atom. The van der Waals surface area contributed by atoms with Crippen LogP contribution in [0, 0.1) is 6.92 Å². The fourth-order valence-electron chi connectivity index (χ4n) is 4.89. The van der Waals surface area contributed by atoms with Gasteiger partial charge < -0.3 is 16.0 Å². The number of aromatic nitrogens is 1. The molecule has 1 aliphatic heterocycles. The van der Waals surface area contributed by atoms with Gasteiger partial charge >= 0.3 is 12.1 Å². The van der Waals surface area contributed by atoms with Crippen LogP contribution in [0.5, 0.6) is 0 Å². The second-order valence-corrected chi connectivity index (χ2v) is 9.70. The average molecular weight is 518 g/mol.